The quantitative estimate of drug-likeness (QED) is 0.457. The molecule has 1 atom stereocenters. The maximum atomic E-state index is 14.1. The van der Waals surface area contributed by atoms with Crippen LogP contribution in [0.2, 0.25) is 5.02 Å². The minimum absolute atomic E-state index is 0.320. The highest BCUT2D eigenvalue weighted by molar-refractivity contribution is 9.10. The first-order valence-electron chi connectivity index (χ1n) is 6.24. The number of ether oxygens (including phenoxy) is 2. The van der Waals surface area contributed by atoms with E-state index in [1.165, 1.54) is 6.07 Å². The van der Waals surface area contributed by atoms with E-state index in [9.17, 15) is 4.39 Å². The van der Waals surface area contributed by atoms with Crippen molar-refractivity contribution < 1.29 is 13.9 Å². The first-order chi connectivity index (χ1) is 10.1. The number of benzene rings is 2. The summed E-state index contributed by atoms with van der Waals surface area (Å²) < 4.78 is 25.7. The minimum atomic E-state index is -0.331. The van der Waals surface area contributed by atoms with Crippen LogP contribution in [0, 0.1) is 5.82 Å². The van der Waals surface area contributed by atoms with Gasteiger partial charge in [0, 0.05) is 10.0 Å². The fraction of sp³-hybridized carbons (Fsp3) is 0.200. The van der Waals surface area contributed by atoms with Crippen LogP contribution in [0.1, 0.15) is 16.0 Å². The molecule has 1 unspecified atom stereocenters. The Balaban J connectivity index is 1.98. The largest absolute Gasteiger partial charge is 0.486 e. The zero-order chi connectivity index (χ0) is 15.0. The van der Waals surface area contributed by atoms with Gasteiger partial charge in [-0.3, -0.25) is 0 Å². The van der Waals surface area contributed by atoms with Crippen LogP contribution in [0.25, 0.3) is 0 Å². The predicted molar refractivity (Wildman–Crippen MR) is 87.3 cm³/mol. The molecule has 0 amide bonds. The fourth-order valence-corrected chi connectivity index (χ4v) is 3.25. The second-order valence-electron chi connectivity index (χ2n) is 4.55. The van der Waals surface area contributed by atoms with Gasteiger partial charge in [0.05, 0.1) is 9.85 Å². The summed E-state index contributed by atoms with van der Waals surface area (Å²) in [5.74, 6) is 1.05. The van der Waals surface area contributed by atoms with E-state index >= 15 is 0 Å². The summed E-state index contributed by atoms with van der Waals surface area (Å²) >= 11 is 12.8. The van der Waals surface area contributed by atoms with Crippen molar-refractivity contribution in [2.24, 2.45) is 0 Å². The molecule has 0 bridgehead atoms. The van der Waals surface area contributed by atoms with Gasteiger partial charge in [0.25, 0.3) is 0 Å². The monoisotopic (exact) mass is 434 g/mol. The molecular formula is C15H10Br2ClFO2. The lowest BCUT2D eigenvalue weighted by Crippen LogP contribution is -2.15. The van der Waals surface area contributed by atoms with Crippen LogP contribution in [0.3, 0.4) is 0 Å². The highest BCUT2D eigenvalue weighted by Crippen LogP contribution is 2.40. The standard InChI is InChI=1S/C15H10Br2ClFO2/c16-10-7-12(19)9(6-11(10)18)15(17)8-1-2-13-14(5-8)21-4-3-20-13/h1-2,5-7,15H,3-4H2. The van der Waals surface area contributed by atoms with E-state index in [0.29, 0.717) is 39.8 Å². The van der Waals surface area contributed by atoms with E-state index in [1.54, 1.807) is 6.07 Å². The molecule has 1 aliphatic rings. The normalized spacial score (nSPS) is 14.9. The molecule has 0 radical (unpaired) electrons. The van der Waals surface area contributed by atoms with E-state index in [1.807, 2.05) is 18.2 Å². The summed E-state index contributed by atoms with van der Waals surface area (Å²) in [4.78, 5) is -0.320. The van der Waals surface area contributed by atoms with E-state index in [2.05, 4.69) is 31.9 Å². The molecular weight excluding hydrogens is 426 g/mol. The molecule has 21 heavy (non-hydrogen) atoms. The van der Waals surface area contributed by atoms with E-state index < -0.39 is 0 Å². The summed E-state index contributed by atoms with van der Waals surface area (Å²) in [7, 11) is 0. The lowest BCUT2D eigenvalue weighted by molar-refractivity contribution is 0.171. The molecule has 2 nitrogen and oxygen atoms in total. The van der Waals surface area contributed by atoms with Crippen molar-refractivity contribution in [2.75, 3.05) is 13.2 Å². The van der Waals surface area contributed by atoms with Crippen LogP contribution in [0.15, 0.2) is 34.8 Å². The third-order valence-corrected chi connectivity index (χ3v) is 5.39. The average Bonchev–Trinajstić information content (AvgIpc) is 2.50. The van der Waals surface area contributed by atoms with Crippen LogP contribution >= 0.6 is 43.5 Å². The molecule has 0 saturated heterocycles. The molecule has 110 valence electrons. The lowest BCUT2D eigenvalue weighted by atomic mass is 10.0. The summed E-state index contributed by atoms with van der Waals surface area (Å²) in [5, 5.41) is 0.466. The van der Waals surface area contributed by atoms with Gasteiger partial charge in [0.15, 0.2) is 11.5 Å². The second kappa shape index (κ2) is 6.15. The number of hydrogen-bond acceptors (Lipinski definition) is 2. The van der Waals surface area contributed by atoms with Gasteiger partial charge in [-0.2, -0.15) is 0 Å². The average molecular weight is 437 g/mol. The minimum Gasteiger partial charge on any atom is -0.486 e. The Labute approximate surface area is 143 Å². The van der Waals surface area contributed by atoms with Crippen LogP contribution in [-0.2, 0) is 0 Å². The molecule has 6 heteroatoms. The smallest absolute Gasteiger partial charge is 0.161 e. The topological polar surface area (TPSA) is 18.5 Å². The molecule has 3 rings (SSSR count). The zero-order valence-corrected chi connectivity index (χ0v) is 14.6. The van der Waals surface area contributed by atoms with Gasteiger partial charge in [-0.15, -0.1) is 0 Å². The molecule has 0 fully saturated rings. The van der Waals surface area contributed by atoms with Crippen molar-refractivity contribution in [1.29, 1.82) is 0 Å². The van der Waals surface area contributed by atoms with Gasteiger partial charge in [-0.05, 0) is 45.8 Å². The number of hydrogen-bond donors (Lipinski definition) is 0. The first kappa shape index (κ1) is 15.1. The summed E-state index contributed by atoms with van der Waals surface area (Å²) in [6.07, 6.45) is 0. The van der Waals surface area contributed by atoms with Crippen molar-refractivity contribution in [3.8, 4) is 11.5 Å². The number of rotatable bonds is 2. The Hall–Kier alpha value is -0.780. The van der Waals surface area contributed by atoms with Gasteiger partial charge in [0.1, 0.15) is 19.0 Å². The van der Waals surface area contributed by atoms with Crippen molar-refractivity contribution in [2.45, 2.75) is 4.83 Å². The van der Waals surface area contributed by atoms with E-state index in [0.717, 1.165) is 5.56 Å². The zero-order valence-electron chi connectivity index (χ0n) is 10.7. The van der Waals surface area contributed by atoms with Gasteiger partial charge in [0.2, 0.25) is 0 Å². The highest BCUT2D eigenvalue weighted by atomic mass is 79.9. The van der Waals surface area contributed by atoms with Crippen LogP contribution in [-0.4, -0.2) is 13.2 Å². The first-order valence-corrected chi connectivity index (χ1v) is 8.33. The Morgan fingerprint density at radius 3 is 2.57 bits per heavy atom. The number of halogens is 4. The van der Waals surface area contributed by atoms with Crippen molar-refractivity contribution in [3.63, 3.8) is 0 Å². The molecule has 0 spiro atoms. The molecule has 1 aliphatic heterocycles. The Bertz CT molecular complexity index is 694. The van der Waals surface area contributed by atoms with Crippen molar-refractivity contribution in [3.05, 3.63) is 56.8 Å². The second-order valence-corrected chi connectivity index (χ2v) is 6.73. The van der Waals surface area contributed by atoms with E-state index in [-0.39, 0.29) is 10.6 Å². The fourth-order valence-electron chi connectivity index (χ4n) is 2.13. The highest BCUT2D eigenvalue weighted by Gasteiger charge is 2.20. The summed E-state index contributed by atoms with van der Waals surface area (Å²) in [6.45, 7) is 1.06. The summed E-state index contributed by atoms with van der Waals surface area (Å²) in [5.41, 5.74) is 1.34. The molecule has 0 aromatic heterocycles. The van der Waals surface area contributed by atoms with Crippen LogP contribution in [0.4, 0.5) is 4.39 Å². The molecule has 2 aromatic carbocycles. The van der Waals surface area contributed by atoms with Gasteiger partial charge in [-0.25, -0.2) is 4.39 Å². The predicted octanol–water partition coefficient (Wildman–Crippen LogP) is 5.50. The molecule has 0 N–H and O–H groups in total. The lowest BCUT2D eigenvalue weighted by Gasteiger charge is -2.20. The number of alkyl halides is 1. The van der Waals surface area contributed by atoms with Gasteiger partial charge < -0.3 is 9.47 Å². The Morgan fingerprint density at radius 1 is 1.10 bits per heavy atom. The third kappa shape index (κ3) is 3.05. The van der Waals surface area contributed by atoms with Crippen molar-refractivity contribution >= 4 is 43.5 Å². The Kier molecular flexibility index (Phi) is 4.43. The molecule has 0 aliphatic carbocycles. The number of fused-ring (bicyclic) bond motifs is 1. The van der Waals surface area contributed by atoms with Gasteiger partial charge >= 0.3 is 0 Å². The molecule has 0 saturated carbocycles. The molecule has 1 heterocycles. The maximum absolute atomic E-state index is 14.1. The van der Waals surface area contributed by atoms with E-state index in [4.69, 9.17) is 21.1 Å². The third-order valence-electron chi connectivity index (χ3n) is 3.17. The summed E-state index contributed by atoms with van der Waals surface area (Å²) in [6, 6.07) is 8.53. The SMILES string of the molecule is Fc1cc(Br)c(Cl)cc1C(Br)c1ccc2c(c1)OCCO2. The van der Waals surface area contributed by atoms with Crippen LogP contribution in [0.5, 0.6) is 11.5 Å². The van der Waals surface area contributed by atoms with Crippen LogP contribution < -0.4 is 9.47 Å². The molecule has 2 aromatic rings. The Morgan fingerprint density at radius 2 is 1.81 bits per heavy atom. The van der Waals surface area contributed by atoms with Gasteiger partial charge in [-0.1, -0.05) is 33.6 Å². The van der Waals surface area contributed by atoms with Crippen molar-refractivity contribution in [1.82, 2.24) is 0 Å². The maximum Gasteiger partial charge on any atom is 0.161 e.